The monoisotopic (exact) mass is 281 g/mol. The van der Waals surface area contributed by atoms with Crippen LogP contribution >= 0.6 is 11.8 Å². The fraction of sp³-hybridized carbons (Fsp3) is 0.615. The van der Waals surface area contributed by atoms with Crippen LogP contribution in [0.1, 0.15) is 31.2 Å². The lowest BCUT2D eigenvalue weighted by Crippen LogP contribution is -2.48. The van der Waals surface area contributed by atoms with Crippen molar-refractivity contribution in [3.8, 4) is 0 Å². The van der Waals surface area contributed by atoms with Gasteiger partial charge in [0.15, 0.2) is 0 Å². The Balaban J connectivity index is 2.35. The predicted octanol–water partition coefficient (Wildman–Crippen LogP) is 1.91. The molecular weight excluding hydrogens is 262 g/mol. The Bertz CT molecular complexity index is 479. The molecule has 0 amide bonds. The smallest absolute Gasteiger partial charge is 0.327 e. The van der Waals surface area contributed by atoms with Gasteiger partial charge in [-0.05, 0) is 18.9 Å². The van der Waals surface area contributed by atoms with Crippen LogP contribution in [0.2, 0.25) is 0 Å². The third-order valence-corrected chi connectivity index (χ3v) is 4.15. The molecule has 0 spiro atoms. The van der Waals surface area contributed by atoms with E-state index in [1.54, 1.807) is 11.8 Å². The number of anilines is 1. The molecule has 2 heterocycles. The number of thioether (sulfide) groups is 1. The van der Waals surface area contributed by atoms with Gasteiger partial charge in [0.2, 0.25) is 5.95 Å². The SMILES string of the molecule is Cc1cc(C(C)C)nc(N2CCSCC2C(=O)O)n1. The van der Waals surface area contributed by atoms with Crippen LogP contribution in [-0.2, 0) is 4.79 Å². The van der Waals surface area contributed by atoms with Crippen LogP contribution in [0.4, 0.5) is 5.95 Å². The molecule has 1 atom stereocenters. The second-order valence-electron chi connectivity index (χ2n) is 5.01. The maximum atomic E-state index is 11.3. The van der Waals surface area contributed by atoms with Crippen LogP contribution < -0.4 is 4.90 Å². The van der Waals surface area contributed by atoms with E-state index in [9.17, 15) is 9.90 Å². The Hall–Kier alpha value is -1.30. The predicted molar refractivity (Wildman–Crippen MR) is 77.0 cm³/mol. The van der Waals surface area contributed by atoms with Crippen LogP contribution in [-0.4, -0.2) is 45.1 Å². The highest BCUT2D eigenvalue weighted by Crippen LogP contribution is 2.23. The molecule has 1 aliphatic heterocycles. The maximum Gasteiger partial charge on any atom is 0.327 e. The number of nitrogens with zero attached hydrogens (tertiary/aromatic N) is 3. The summed E-state index contributed by atoms with van der Waals surface area (Å²) in [6.45, 7) is 6.76. The molecule has 1 aromatic rings. The zero-order valence-corrected chi connectivity index (χ0v) is 12.3. The number of hydrogen-bond acceptors (Lipinski definition) is 5. The normalized spacial score (nSPS) is 19.8. The summed E-state index contributed by atoms with van der Waals surface area (Å²) in [5.74, 6) is 1.56. The number of aryl methyl sites for hydroxylation is 1. The molecule has 0 saturated carbocycles. The highest BCUT2D eigenvalue weighted by atomic mass is 32.2. The van der Waals surface area contributed by atoms with Crippen molar-refractivity contribution >= 4 is 23.7 Å². The molecule has 1 aliphatic rings. The minimum Gasteiger partial charge on any atom is -0.480 e. The lowest BCUT2D eigenvalue weighted by Gasteiger charge is -2.33. The van der Waals surface area contributed by atoms with E-state index in [4.69, 9.17) is 0 Å². The zero-order valence-electron chi connectivity index (χ0n) is 11.5. The van der Waals surface area contributed by atoms with Gasteiger partial charge in [-0.2, -0.15) is 11.8 Å². The van der Waals surface area contributed by atoms with Crippen LogP contribution in [0.3, 0.4) is 0 Å². The Morgan fingerprint density at radius 3 is 2.89 bits per heavy atom. The first-order chi connectivity index (χ1) is 8.99. The van der Waals surface area contributed by atoms with Crippen molar-refractivity contribution in [1.29, 1.82) is 0 Å². The molecule has 1 fully saturated rings. The number of aliphatic carboxylic acids is 1. The molecule has 5 nitrogen and oxygen atoms in total. The van der Waals surface area contributed by atoms with Gasteiger partial charge in [0.25, 0.3) is 0 Å². The molecule has 0 aromatic carbocycles. The van der Waals surface area contributed by atoms with Gasteiger partial charge in [0.05, 0.1) is 0 Å². The van der Waals surface area contributed by atoms with Crippen LogP contribution in [0, 0.1) is 6.92 Å². The number of aromatic nitrogens is 2. The average Bonchev–Trinajstić information content (AvgIpc) is 2.37. The van der Waals surface area contributed by atoms with Crippen molar-refractivity contribution in [2.45, 2.75) is 32.7 Å². The largest absolute Gasteiger partial charge is 0.480 e. The maximum absolute atomic E-state index is 11.3. The first kappa shape index (κ1) is 14.1. The van der Waals surface area contributed by atoms with Crippen molar-refractivity contribution in [3.05, 3.63) is 17.5 Å². The van der Waals surface area contributed by atoms with E-state index in [0.717, 1.165) is 17.1 Å². The van der Waals surface area contributed by atoms with Gasteiger partial charge in [-0.1, -0.05) is 13.8 Å². The number of rotatable bonds is 3. The lowest BCUT2D eigenvalue weighted by molar-refractivity contribution is -0.138. The summed E-state index contributed by atoms with van der Waals surface area (Å²) in [5.41, 5.74) is 1.85. The molecule has 104 valence electrons. The molecule has 0 bridgehead atoms. The van der Waals surface area contributed by atoms with E-state index < -0.39 is 12.0 Å². The summed E-state index contributed by atoms with van der Waals surface area (Å²) in [6, 6.07) is 1.43. The minimum atomic E-state index is -0.802. The van der Waals surface area contributed by atoms with Gasteiger partial charge in [-0.3, -0.25) is 0 Å². The molecule has 1 saturated heterocycles. The summed E-state index contributed by atoms with van der Waals surface area (Å²) in [6.07, 6.45) is 0. The Morgan fingerprint density at radius 1 is 1.53 bits per heavy atom. The molecular formula is C13H19N3O2S. The van der Waals surface area contributed by atoms with Gasteiger partial charge in [-0.25, -0.2) is 14.8 Å². The first-order valence-electron chi connectivity index (χ1n) is 6.42. The van der Waals surface area contributed by atoms with E-state index in [1.807, 2.05) is 17.9 Å². The Morgan fingerprint density at radius 2 is 2.26 bits per heavy atom. The topological polar surface area (TPSA) is 66.3 Å². The third kappa shape index (κ3) is 3.18. The molecule has 1 aromatic heterocycles. The van der Waals surface area contributed by atoms with Gasteiger partial charge < -0.3 is 10.0 Å². The van der Waals surface area contributed by atoms with Crippen molar-refractivity contribution in [2.24, 2.45) is 0 Å². The van der Waals surface area contributed by atoms with Gasteiger partial charge >= 0.3 is 5.97 Å². The average molecular weight is 281 g/mol. The number of carboxylic acids is 1. The fourth-order valence-electron chi connectivity index (χ4n) is 2.05. The summed E-state index contributed by atoms with van der Waals surface area (Å²) in [7, 11) is 0. The first-order valence-corrected chi connectivity index (χ1v) is 7.57. The highest BCUT2D eigenvalue weighted by molar-refractivity contribution is 7.99. The second-order valence-corrected chi connectivity index (χ2v) is 6.16. The van der Waals surface area contributed by atoms with Crippen molar-refractivity contribution in [1.82, 2.24) is 9.97 Å². The summed E-state index contributed by atoms with van der Waals surface area (Å²) < 4.78 is 0. The quantitative estimate of drug-likeness (QED) is 0.913. The van der Waals surface area contributed by atoms with Crippen molar-refractivity contribution in [2.75, 3.05) is 23.0 Å². The molecule has 6 heteroatoms. The molecule has 0 aliphatic carbocycles. The number of hydrogen-bond donors (Lipinski definition) is 1. The standard InChI is InChI=1S/C13H19N3O2S/c1-8(2)10-6-9(3)14-13(15-10)16-4-5-19-7-11(16)12(17)18/h6,8,11H,4-5,7H2,1-3H3,(H,17,18). The zero-order chi connectivity index (χ0) is 14.0. The number of carbonyl (C=O) groups is 1. The lowest BCUT2D eigenvalue weighted by atomic mass is 10.1. The van der Waals surface area contributed by atoms with Crippen LogP contribution in [0.25, 0.3) is 0 Å². The Labute approximate surface area is 117 Å². The second kappa shape index (κ2) is 5.77. The fourth-order valence-corrected chi connectivity index (χ4v) is 3.09. The van der Waals surface area contributed by atoms with Crippen molar-refractivity contribution < 1.29 is 9.90 Å². The molecule has 1 N–H and O–H groups in total. The number of carboxylic acid groups (broad SMARTS) is 1. The van der Waals surface area contributed by atoms with E-state index in [0.29, 0.717) is 24.2 Å². The van der Waals surface area contributed by atoms with Gasteiger partial charge in [-0.15, -0.1) is 0 Å². The summed E-state index contributed by atoms with van der Waals surface area (Å²) in [4.78, 5) is 22.1. The highest BCUT2D eigenvalue weighted by Gasteiger charge is 2.31. The van der Waals surface area contributed by atoms with E-state index in [-0.39, 0.29) is 0 Å². The van der Waals surface area contributed by atoms with Crippen LogP contribution in [0.15, 0.2) is 6.07 Å². The summed E-state index contributed by atoms with van der Waals surface area (Å²) in [5, 5.41) is 9.31. The van der Waals surface area contributed by atoms with E-state index in [2.05, 4.69) is 23.8 Å². The van der Waals surface area contributed by atoms with Crippen LogP contribution in [0.5, 0.6) is 0 Å². The molecule has 1 unspecified atom stereocenters. The third-order valence-electron chi connectivity index (χ3n) is 3.12. The van der Waals surface area contributed by atoms with Gasteiger partial charge in [0.1, 0.15) is 6.04 Å². The van der Waals surface area contributed by atoms with E-state index in [1.165, 1.54) is 0 Å². The Kier molecular flexibility index (Phi) is 4.29. The molecule has 0 radical (unpaired) electrons. The van der Waals surface area contributed by atoms with E-state index >= 15 is 0 Å². The minimum absolute atomic E-state index is 0.308. The summed E-state index contributed by atoms with van der Waals surface area (Å²) >= 11 is 1.67. The molecule has 19 heavy (non-hydrogen) atoms. The van der Waals surface area contributed by atoms with Gasteiger partial charge in [0, 0.05) is 29.4 Å². The van der Waals surface area contributed by atoms with Crippen molar-refractivity contribution in [3.63, 3.8) is 0 Å². The molecule has 2 rings (SSSR count).